The Kier molecular flexibility index (Phi) is 7.26. The minimum Gasteiger partial charge on any atom is -0.488 e. The number of benzene rings is 2. The average molecular weight is 503 g/mol. The Morgan fingerprint density at radius 2 is 2.10 bits per heavy atom. The van der Waals surface area contributed by atoms with Gasteiger partial charge in [-0.1, -0.05) is 48.2 Å². The van der Waals surface area contributed by atoms with Crippen LogP contribution in [0.4, 0.5) is 0 Å². The van der Waals surface area contributed by atoms with Crippen LogP contribution >= 0.6 is 39.9 Å². The molecule has 1 aliphatic heterocycles. The predicted molar refractivity (Wildman–Crippen MR) is 122 cm³/mol. The fourth-order valence-electron chi connectivity index (χ4n) is 2.69. The standard InChI is InChI=1S/C21H15BrN2O4S2/c22-16-9-13(10-18-20(27)24(21(29)30-18)8-7-19(25)26)5-6-17(16)28-12-15-4-2-1-3-14(15)11-23/h1-6,9-10H,7-8,12H2,(H,25,26)/b18-10+. The molecule has 2 aromatic carbocycles. The summed E-state index contributed by atoms with van der Waals surface area (Å²) in [7, 11) is 0. The number of carbonyl (C=O) groups excluding carboxylic acids is 1. The van der Waals surface area contributed by atoms with Crippen molar-refractivity contribution in [3.8, 4) is 11.8 Å². The fourth-order valence-corrected chi connectivity index (χ4v) is 4.51. The van der Waals surface area contributed by atoms with Crippen LogP contribution in [0.3, 0.4) is 0 Å². The van der Waals surface area contributed by atoms with Crippen LogP contribution in [0.1, 0.15) is 23.1 Å². The summed E-state index contributed by atoms with van der Waals surface area (Å²) in [5, 5.41) is 18.0. The van der Waals surface area contributed by atoms with Gasteiger partial charge < -0.3 is 9.84 Å². The first kappa shape index (κ1) is 22.0. The first-order valence-electron chi connectivity index (χ1n) is 8.76. The van der Waals surface area contributed by atoms with Crippen molar-refractivity contribution >= 4 is 62.2 Å². The number of ether oxygens (including phenoxy) is 1. The van der Waals surface area contributed by atoms with Gasteiger partial charge in [0.25, 0.3) is 5.91 Å². The molecule has 1 heterocycles. The van der Waals surface area contributed by atoms with Crippen LogP contribution in [-0.2, 0) is 16.2 Å². The van der Waals surface area contributed by atoms with Crippen molar-refractivity contribution in [1.82, 2.24) is 4.90 Å². The Balaban J connectivity index is 1.71. The molecule has 1 amide bonds. The number of rotatable bonds is 7. The zero-order valence-corrected chi connectivity index (χ0v) is 18.7. The molecule has 0 saturated carbocycles. The number of carbonyl (C=O) groups is 2. The molecule has 9 heteroatoms. The van der Waals surface area contributed by atoms with Gasteiger partial charge in [-0.05, 0) is 45.8 Å². The summed E-state index contributed by atoms with van der Waals surface area (Å²) in [6.45, 7) is 0.307. The van der Waals surface area contributed by atoms with Crippen molar-refractivity contribution < 1.29 is 19.4 Å². The van der Waals surface area contributed by atoms with Gasteiger partial charge in [0.05, 0.1) is 27.4 Å². The van der Waals surface area contributed by atoms with Gasteiger partial charge in [-0.25, -0.2) is 0 Å². The minimum atomic E-state index is -0.982. The number of halogens is 1. The zero-order chi connectivity index (χ0) is 21.7. The van der Waals surface area contributed by atoms with Crippen LogP contribution in [-0.4, -0.2) is 32.7 Å². The molecule has 1 N–H and O–H groups in total. The predicted octanol–water partition coefficient (Wildman–Crippen LogP) is 4.58. The van der Waals surface area contributed by atoms with E-state index in [0.717, 1.165) is 22.9 Å². The number of nitriles is 1. The Morgan fingerprint density at radius 3 is 2.80 bits per heavy atom. The monoisotopic (exact) mass is 502 g/mol. The van der Waals surface area contributed by atoms with Gasteiger partial charge in [0.2, 0.25) is 0 Å². The lowest BCUT2D eigenvalue weighted by molar-refractivity contribution is -0.137. The third-order valence-electron chi connectivity index (χ3n) is 4.20. The quantitative estimate of drug-likeness (QED) is 0.437. The highest BCUT2D eigenvalue weighted by Crippen LogP contribution is 2.34. The van der Waals surface area contributed by atoms with E-state index >= 15 is 0 Å². The molecule has 0 radical (unpaired) electrons. The number of hydrogen-bond donors (Lipinski definition) is 1. The van der Waals surface area contributed by atoms with Crippen LogP contribution < -0.4 is 4.74 Å². The lowest BCUT2D eigenvalue weighted by Crippen LogP contribution is -2.30. The summed E-state index contributed by atoms with van der Waals surface area (Å²) >= 11 is 9.81. The number of aliphatic carboxylic acids is 1. The number of thiocarbonyl (C=S) groups is 1. The third-order valence-corrected chi connectivity index (χ3v) is 6.20. The van der Waals surface area contributed by atoms with Crippen LogP contribution in [0.15, 0.2) is 51.8 Å². The summed E-state index contributed by atoms with van der Waals surface area (Å²) < 4.78 is 6.88. The lowest BCUT2D eigenvalue weighted by Gasteiger charge is -2.12. The molecule has 1 fully saturated rings. The maximum atomic E-state index is 12.5. The molecule has 0 spiro atoms. The first-order valence-corrected chi connectivity index (χ1v) is 10.8. The van der Waals surface area contributed by atoms with Gasteiger partial charge in [0, 0.05) is 12.1 Å². The van der Waals surface area contributed by atoms with E-state index in [9.17, 15) is 9.59 Å². The van der Waals surface area contributed by atoms with Gasteiger partial charge in [0.1, 0.15) is 16.7 Å². The molecule has 152 valence electrons. The van der Waals surface area contributed by atoms with Crippen LogP contribution in [0, 0.1) is 11.3 Å². The average Bonchev–Trinajstić information content (AvgIpc) is 2.98. The molecular formula is C21H15BrN2O4S2. The van der Waals surface area contributed by atoms with Crippen molar-refractivity contribution in [2.45, 2.75) is 13.0 Å². The van der Waals surface area contributed by atoms with Crippen LogP contribution in [0.2, 0.25) is 0 Å². The largest absolute Gasteiger partial charge is 0.488 e. The van der Waals surface area contributed by atoms with E-state index in [1.165, 1.54) is 4.90 Å². The van der Waals surface area contributed by atoms with Gasteiger partial charge >= 0.3 is 5.97 Å². The minimum absolute atomic E-state index is 0.0536. The van der Waals surface area contributed by atoms with E-state index in [0.29, 0.717) is 25.0 Å². The Hall–Kier alpha value is -2.67. The van der Waals surface area contributed by atoms with Gasteiger partial charge in [0.15, 0.2) is 0 Å². The molecule has 0 unspecified atom stereocenters. The molecule has 0 aromatic heterocycles. The maximum absolute atomic E-state index is 12.5. The summed E-state index contributed by atoms with van der Waals surface area (Å²) in [5.41, 5.74) is 2.13. The van der Waals surface area contributed by atoms with E-state index in [2.05, 4.69) is 22.0 Å². The Bertz CT molecular complexity index is 1090. The van der Waals surface area contributed by atoms with E-state index in [1.54, 1.807) is 30.3 Å². The van der Waals surface area contributed by atoms with Gasteiger partial charge in [-0.15, -0.1) is 0 Å². The van der Waals surface area contributed by atoms with Gasteiger partial charge in [-0.2, -0.15) is 5.26 Å². The molecule has 6 nitrogen and oxygen atoms in total. The Labute approximate surface area is 191 Å². The highest BCUT2D eigenvalue weighted by molar-refractivity contribution is 9.10. The summed E-state index contributed by atoms with van der Waals surface area (Å²) in [4.78, 5) is 25.0. The second-order valence-corrected chi connectivity index (χ2v) is 8.75. The third kappa shape index (κ3) is 5.27. The molecule has 0 aliphatic carbocycles. The summed E-state index contributed by atoms with van der Waals surface area (Å²) in [6, 6.07) is 14.8. The number of nitrogens with zero attached hydrogens (tertiary/aromatic N) is 2. The highest BCUT2D eigenvalue weighted by Gasteiger charge is 2.32. The lowest BCUT2D eigenvalue weighted by atomic mass is 10.1. The number of amides is 1. The van der Waals surface area contributed by atoms with E-state index in [-0.39, 0.29) is 25.5 Å². The van der Waals surface area contributed by atoms with E-state index in [1.807, 2.05) is 18.2 Å². The SMILES string of the molecule is N#Cc1ccccc1COc1ccc(/C=C2/SC(=S)N(CCC(=O)O)C2=O)cc1Br. The molecular weight excluding hydrogens is 488 g/mol. The second-order valence-electron chi connectivity index (χ2n) is 6.22. The molecule has 1 aliphatic rings. The normalized spacial score (nSPS) is 14.8. The number of hydrogen-bond acceptors (Lipinski definition) is 6. The van der Waals surface area contributed by atoms with Crippen molar-refractivity contribution in [3.05, 3.63) is 68.5 Å². The molecule has 3 rings (SSSR count). The topological polar surface area (TPSA) is 90.6 Å². The molecule has 30 heavy (non-hydrogen) atoms. The Morgan fingerprint density at radius 1 is 1.33 bits per heavy atom. The molecule has 0 bridgehead atoms. The fraction of sp³-hybridized carbons (Fsp3) is 0.143. The second kappa shape index (κ2) is 9.89. The smallest absolute Gasteiger partial charge is 0.305 e. The van der Waals surface area contributed by atoms with Crippen molar-refractivity contribution in [2.24, 2.45) is 0 Å². The van der Waals surface area contributed by atoms with E-state index in [4.69, 9.17) is 27.3 Å². The summed E-state index contributed by atoms with van der Waals surface area (Å²) in [5.74, 6) is -0.672. The van der Waals surface area contributed by atoms with Crippen molar-refractivity contribution in [2.75, 3.05) is 6.54 Å². The maximum Gasteiger partial charge on any atom is 0.305 e. The summed E-state index contributed by atoms with van der Waals surface area (Å²) in [6.07, 6.45) is 1.55. The number of carboxylic acids is 1. The zero-order valence-electron chi connectivity index (χ0n) is 15.5. The van der Waals surface area contributed by atoms with E-state index < -0.39 is 5.97 Å². The van der Waals surface area contributed by atoms with Gasteiger partial charge in [-0.3, -0.25) is 14.5 Å². The molecule has 0 atom stereocenters. The molecule has 2 aromatic rings. The first-order chi connectivity index (χ1) is 14.4. The van der Waals surface area contributed by atoms with Crippen molar-refractivity contribution in [3.63, 3.8) is 0 Å². The number of carboxylic acid groups (broad SMARTS) is 1. The highest BCUT2D eigenvalue weighted by atomic mass is 79.9. The van der Waals surface area contributed by atoms with Crippen molar-refractivity contribution in [1.29, 1.82) is 5.26 Å². The number of thioether (sulfide) groups is 1. The molecule has 1 saturated heterocycles. The van der Waals surface area contributed by atoms with Crippen LogP contribution in [0.25, 0.3) is 6.08 Å². The van der Waals surface area contributed by atoms with Crippen LogP contribution in [0.5, 0.6) is 5.75 Å².